The second kappa shape index (κ2) is 6.86. The largest absolute Gasteiger partial charge is 0.481 e. The minimum atomic E-state index is -0.652. The van der Waals surface area contributed by atoms with Crippen molar-refractivity contribution in [3.05, 3.63) is 0 Å². The van der Waals surface area contributed by atoms with E-state index in [0.717, 1.165) is 32.2 Å². The zero-order valence-corrected chi connectivity index (χ0v) is 10.3. The predicted molar refractivity (Wildman–Crippen MR) is 62.5 cm³/mol. The molecule has 1 aliphatic carbocycles. The molecule has 16 heavy (non-hydrogen) atoms. The first-order valence-electron chi connectivity index (χ1n) is 6.06. The van der Waals surface area contributed by atoms with Crippen LogP contribution < -0.4 is 0 Å². The van der Waals surface area contributed by atoms with Crippen LogP contribution in [-0.4, -0.2) is 49.8 Å². The van der Waals surface area contributed by atoms with Gasteiger partial charge in [0.25, 0.3) is 0 Å². The number of hydrogen-bond donors (Lipinski definition) is 1. The van der Waals surface area contributed by atoms with E-state index in [-0.39, 0.29) is 11.8 Å². The molecule has 0 spiro atoms. The maximum Gasteiger partial charge on any atom is 0.306 e. The van der Waals surface area contributed by atoms with Crippen molar-refractivity contribution in [3.8, 4) is 0 Å². The summed E-state index contributed by atoms with van der Waals surface area (Å²) in [5.74, 6) is -0.623. The van der Waals surface area contributed by atoms with Crippen LogP contribution >= 0.6 is 0 Å². The molecular weight excluding hydrogens is 206 g/mol. The lowest BCUT2D eigenvalue weighted by atomic mass is 9.80. The van der Waals surface area contributed by atoms with E-state index in [9.17, 15) is 4.79 Å². The zero-order chi connectivity index (χ0) is 12.0. The molecule has 0 radical (unpaired) electrons. The zero-order valence-electron chi connectivity index (χ0n) is 10.3. The number of ether oxygens (including phenoxy) is 1. The van der Waals surface area contributed by atoms with Gasteiger partial charge in [-0.2, -0.15) is 0 Å². The van der Waals surface area contributed by atoms with Crippen LogP contribution in [0.25, 0.3) is 0 Å². The standard InChI is InChI=1S/C12H23NO3/c1-13(2)7-8-16-9-10-5-3-4-6-11(10)12(14)15/h10-11H,3-9H2,1-2H3,(H,14,15). The monoisotopic (exact) mass is 229 g/mol. The number of carboxylic acids is 1. The first kappa shape index (κ1) is 13.5. The minimum absolute atomic E-state index is 0.187. The highest BCUT2D eigenvalue weighted by Crippen LogP contribution is 2.30. The molecule has 0 saturated heterocycles. The number of nitrogens with zero attached hydrogens (tertiary/aromatic N) is 1. The first-order valence-corrected chi connectivity index (χ1v) is 6.06. The van der Waals surface area contributed by atoms with Crippen molar-refractivity contribution < 1.29 is 14.6 Å². The van der Waals surface area contributed by atoms with Gasteiger partial charge in [-0.3, -0.25) is 4.79 Å². The topological polar surface area (TPSA) is 49.8 Å². The molecule has 0 aromatic rings. The molecule has 1 fully saturated rings. The van der Waals surface area contributed by atoms with Gasteiger partial charge in [-0.15, -0.1) is 0 Å². The number of hydrogen-bond acceptors (Lipinski definition) is 3. The average molecular weight is 229 g/mol. The fourth-order valence-electron chi connectivity index (χ4n) is 2.21. The summed E-state index contributed by atoms with van der Waals surface area (Å²) in [7, 11) is 4.01. The number of carboxylic acid groups (broad SMARTS) is 1. The van der Waals surface area contributed by atoms with Crippen LogP contribution in [0.5, 0.6) is 0 Å². The summed E-state index contributed by atoms with van der Waals surface area (Å²) in [6, 6.07) is 0. The van der Waals surface area contributed by atoms with Crippen LogP contribution in [0.2, 0.25) is 0 Å². The van der Waals surface area contributed by atoms with Gasteiger partial charge in [0, 0.05) is 6.54 Å². The number of carbonyl (C=O) groups is 1. The molecule has 0 bridgehead atoms. The molecule has 0 amide bonds. The van der Waals surface area contributed by atoms with Crippen LogP contribution in [0, 0.1) is 11.8 Å². The van der Waals surface area contributed by atoms with Crippen molar-refractivity contribution in [3.63, 3.8) is 0 Å². The SMILES string of the molecule is CN(C)CCOCC1CCCCC1C(=O)O. The predicted octanol–water partition coefficient (Wildman–Crippen LogP) is 1.46. The number of likely N-dealkylation sites (N-methyl/N-ethyl adjacent to an activating group) is 1. The van der Waals surface area contributed by atoms with Gasteiger partial charge < -0.3 is 14.7 Å². The third-order valence-electron chi connectivity index (χ3n) is 3.24. The van der Waals surface area contributed by atoms with Gasteiger partial charge in [0.05, 0.1) is 19.1 Å². The molecular formula is C12H23NO3. The lowest BCUT2D eigenvalue weighted by Gasteiger charge is -2.28. The Morgan fingerprint density at radius 3 is 2.69 bits per heavy atom. The third-order valence-corrected chi connectivity index (χ3v) is 3.24. The Morgan fingerprint density at radius 1 is 1.38 bits per heavy atom. The van der Waals surface area contributed by atoms with Crippen LogP contribution in [0.3, 0.4) is 0 Å². The minimum Gasteiger partial charge on any atom is -0.481 e. The van der Waals surface area contributed by atoms with Gasteiger partial charge in [-0.05, 0) is 32.9 Å². The van der Waals surface area contributed by atoms with Crippen LogP contribution in [0.4, 0.5) is 0 Å². The molecule has 0 aromatic heterocycles. The van der Waals surface area contributed by atoms with E-state index in [0.29, 0.717) is 13.2 Å². The quantitative estimate of drug-likeness (QED) is 0.700. The average Bonchev–Trinajstić information content (AvgIpc) is 2.24. The van der Waals surface area contributed by atoms with E-state index in [1.165, 1.54) is 0 Å². The summed E-state index contributed by atoms with van der Waals surface area (Å²) in [5.41, 5.74) is 0. The highest BCUT2D eigenvalue weighted by molar-refractivity contribution is 5.70. The maximum absolute atomic E-state index is 11.0. The molecule has 0 aromatic carbocycles. The van der Waals surface area contributed by atoms with Crippen LogP contribution in [0.15, 0.2) is 0 Å². The molecule has 2 atom stereocenters. The van der Waals surface area contributed by atoms with E-state index in [1.54, 1.807) is 0 Å². The molecule has 1 rings (SSSR count). The van der Waals surface area contributed by atoms with Gasteiger partial charge in [0.2, 0.25) is 0 Å². The molecule has 4 heteroatoms. The molecule has 1 N–H and O–H groups in total. The van der Waals surface area contributed by atoms with Crippen molar-refractivity contribution in [2.24, 2.45) is 11.8 Å². The van der Waals surface area contributed by atoms with Crippen molar-refractivity contribution in [1.82, 2.24) is 4.90 Å². The highest BCUT2D eigenvalue weighted by atomic mass is 16.5. The van der Waals surface area contributed by atoms with Gasteiger partial charge in [-0.25, -0.2) is 0 Å². The van der Waals surface area contributed by atoms with Gasteiger partial charge >= 0.3 is 5.97 Å². The summed E-state index contributed by atoms with van der Waals surface area (Å²) in [6.45, 7) is 2.19. The van der Waals surface area contributed by atoms with Crippen molar-refractivity contribution >= 4 is 5.97 Å². The van der Waals surface area contributed by atoms with Crippen LogP contribution in [-0.2, 0) is 9.53 Å². The van der Waals surface area contributed by atoms with Gasteiger partial charge in [0.1, 0.15) is 0 Å². The second-order valence-corrected chi connectivity index (χ2v) is 4.87. The summed E-state index contributed by atoms with van der Waals surface area (Å²) >= 11 is 0. The van der Waals surface area contributed by atoms with E-state index >= 15 is 0 Å². The fourth-order valence-corrected chi connectivity index (χ4v) is 2.21. The molecule has 0 aliphatic heterocycles. The molecule has 4 nitrogen and oxygen atoms in total. The Bertz CT molecular complexity index is 218. The summed E-state index contributed by atoms with van der Waals surface area (Å²) in [5, 5.41) is 9.09. The Hall–Kier alpha value is -0.610. The maximum atomic E-state index is 11.0. The molecule has 1 saturated carbocycles. The van der Waals surface area contributed by atoms with Gasteiger partial charge in [-0.1, -0.05) is 12.8 Å². The summed E-state index contributed by atoms with van der Waals surface area (Å²) < 4.78 is 5.56. The number of aliphatic carboxylic acids is 1. The summed E-state index contributed by atoms with van der Waals surface area (Å²) in [6.07, 6.45) is 4.01. The van der Waals surface area contributed by atoms with Crippen molar-refractivity contribution in [1.29, 1.82) is 0 Å². The molecule has 0 heterocycles. The summed E-state index contributed by atoms with van der Waals surface area (Å²) in [4.78, 5) is 13.1. The van der Waals surface area contributed by atoms with E-state index in [4.69, 9.17) is 9.84 Å². The lowest BCUT2D eigenvalue weighted by molar-refractivity contribution is -0.146. The van der Waals surface area contributed by atoms with E-state index < -0.39 is 5.97 Å². The van der Waals surface area contributed by atoms with Crippen LogP contribution in [0.1, 0.15) is 25.7 Å². The van der Waals surface area contributed by atoms with E-state index in [1.807, 2.05) is 14.1 Å². The number of rotatable bonds is 6. The first-order chi connectivity index (χ1) is 7.61. The highest BCUT2D eigenvalue weighted by Gasteiger charge is 2.30. The second-order valence-electron chi connectivity index (χ2n) is 4.87. The molecule has 2 unspecified atom stereocenters. The Balaban J connectivity index is 2.24. The molecule has 94 valence electrons. The Morgan fingerprint density at radius 2 is 2.06 bits per heavy atom. The third kappa shape index (κ3) is 4.49. The Kier molecular flexibility index (Phi) is 5.77. The molecule has 1 aliphatic rings. The lowest BCUT2D eigenvalue weighted by Crippen LogP contribution is -2.31. The fraction of sp³-hybridized carbons (Fsp3) is 0.917. The van der Waals surface area contributed by atoms with Gasteiger partial charge in [0.15, 0.2) is 0 Å². The normalized spacial score (nSPS) is 25.9. The Labute approximate surface area is 97.6 Å². The van der Waals surface area contributed by atoms with Crippen molar-refractivity contribution in [2.75, 3.05) is 33.9 Å². The smallest absolute Gasteiger partial charge is 0.306 e. The van der Waals surface area contributed by atoms with E-state index in [2.05, 4.69) is 4.90 Å². The van der Waals surface area contributed by atoms with Crippen molar-refractivity contribution in [2.45, 2.75) is 25.7 Å².